The number of carbonyl (C=O) groups excluding carboxylic acids is 1. The summed E-state index contributed by atoms with van der Waals surface area (Å²) in [7, 11) is 0. The molecule has 2 rings (SSSR count). The van der Waals surface area contributed by atoms with Crippen molar-refractivity contribution in [3.63, 3.8) is 0 Å². The van der Waals surface area contributed by atoms with E-state index < -0.39 is 0 Å². The number of rotatable bonds is 5. The molecule has 0 radical (unpaired) electrons. The molecule has 5 heteroatoms. The van der Waals surface area contributed by atoms with Crippen molar-refractivity contribution in [2.45, 2.75) is 44.8 Å². The number of hydrogen-bond donors (Lipinski definition) is 2. The van der Waals surface area contributed by atoms with Gasteiger partial charge in [0.15, 0.2) is 0 Å². The van der Waals surface area contributed by atoms with Crippen LogP contribution in [-0.2, 0) is 4.74 Å². The van der Waals surface area contributed by atoms with E-state index in [2.05, 4.69) is 5.32 Å². The predicted molar refractivity (Wildman–Crippen MR) is 84.7 cm³/mol. The second-order valence-corrected chi connectivity index (χ2v) is 6.05. The summed E-state index contributed by atoms with van der Waals surface area (Å²) in [6, 6.07) is 5.74. The third-order valence-electron chi connectivity index (χ3n) is 3.83. The van der Waals surface area contributed by atoms with Gasteiger partial charge >= 0.3 is 0 Å². The van der Waals surface area contributed by atoms with Crippen LogP contribution in [0.3, 0.4) is 0 Å². The number of hydrogen-bond acceptors (Lipinski definition) is 3. The molecule has 0 spiro atoms. The van der Waals surface area contributed by atoms with E-state index in [1.54, 1.807) is 12.1 Å². The van der Waals surface area contributed by atoms with Gasteiger partial charge in [-0.2, -0.15) is 0 Å². The summed E-state index contributed by atoms with van der Waals surface area (Å²) < 4.78 is 5.76. The average Bonchev–Trinajstić information content (AvgIpc) is 2.45. The Morgan fingerprint density at radius 1 is 1.38 bits per heavy atom. The molecule has 4 nitrogen and oxygen atoms in total. The number of amides is 1. The van der Waals surface area contributed by atoms with Crippen molar-refractivity contribution in [3.8, 4) is 0 Å². The molecule has 1 aliphatic carbocycles. The molecule has 0 aliphatic heterocycles. The second kappa shape index (κ2) is 7.78. The molecule has 0 atom stereocenters. The van der Waals surface area contributed by atoms with Crippen LogP contribution in [-0.4, -0.2) is 31.2 Å². The van der Waals surface area contributed by atoms with Crippen LogP contribution in [0, 0.1) is 6.92 Å². The number of benzene rings is 1. The van der Waals surface area contributed by atoms with Gasteiger partial charge in [0.2, 0.25) is 0 Å². The monoisotopic (exact) mass is 310 g/mol. The maximum atomic E-state index is 12.0. The highest BCUT2D eigenvalue weighted by atomic mass is 35.5. The fourth-order valence-electron chi connectivity index (χ4n) is 2.54. The Morgan fingerprint density at radius 2 is 2.10 bits per heavy atom. The molecule has 21 heavy (non-hydrogen) atoms. The molecule has 3 N–H and O–H groups in total. The van der Waals surface area contributed by atoms with Crippen LogP contribution in [0.1, 0.15) is 41.6 Å². The lowest BCUT2D eigenvalue weighted by atomic mass is 9.94. The van der Waals surface area contributed by atoms with Crippen molar-refractivity contribution in [2.24, 2.45) is 5.73 Å². The normalized spacial score (nSPS) is 22.0. The topological polar surface area (TPSA) is 64.3 Å². The van der Waals surface area contributed by atoms with E-state index >= 15 is 0 Å². The molecule has 0 bridgehead atoms. The Bertz CT molecular complexity index is 485. The van der Waals surface area contributed by atoms with Gasteiger partial charge in [-0.15, -0.1) is 0 Å². The first-order valence-electron chi connectivity index (χ1n) is 7.48. The van der Waals surface area contributed by atoms with Gasteiger partial charge < -0.3 is 15.8 Å². The lowest BCUT2D eigenvalue weighted by Crippen LogP contribution is -2.33. The van der Waals surface area contributed by atoms with Gasteiger partial charge in [-0.25, -0.2) is 0 Å². The largest absolute Gasteiger partial charge is 0.376 e. The van der Waals surface area contributed by atoms with Crippen LogP contribution in [0.15, 0.2) is 18.2 Å². The van der Waals surface area contributed by atoms with Crippen LogP contribution in [0.2, 0.25) is 5.02 Å². The predicted octanol–water partition coefficient (Wildman–Crippen LogP) is 2.66. The van der Waals surface area contributed by atoms with Crippen molar-refractivity contribution in [1.29, 1.82) is 0 Å². The SMILES string of the molecule is Cc1ccc(C(=O)NCCOC2CCC(N)CC2)c(Cl)c1. The molecular formula is C16H23ClN2O2. The van der Waals surface area contributed by atoms with Crippen LogP contribution < -0.4 is 11.1 Å². The van der Waals surface area contributed by atoms with Gasteiger partial charge in [-0.05, 0) is 50.3 Å². The number of ether oxygens (including phenoxy) is 1. The lowest BCUT2D eigenvalue weighted by Gasteiger charge is -2.26. The highest BCUT2D eigenvalue weighted by Gasteiger charge is 2.18. The Kier molecular flexibility index (Phi) is 6.03. The van der Waals surface area contributed by atoms with Gasteiger partial charge in [-0.3, -0.25) is 4.79 Å². The van der Waals surface area contributed by atoms with E-state index in [-0.39, 0.29) is 12.0 Å². The maximum Gasteiger partial charge on any atom is 0.252 e. The van der Waals surface area contributed by atoms with E-state index in [0.717, 1.165) is 31.2 Å². The fraction of sp³-hybridized carbons (Fsp3) is 0.562. The minimum Gasteiger partial charge on any atom is -0.376 e. The number of aryl methyl sites for hydroxylation is 1. The molecule has 1 amide bonds. The number of nitrogens with two attached hydrogens (primary N) is 1. The molecule has 1 aliphatic rings. The molecule has 1 saturated carbocycles. The Balaban J connectivity index is 1.69. The minimum absolute atomic E-state index is 0.158. The van der Waals surface area contributed by atoms with Crippen molar-refractivity contribution in [1.82, 2.24) is 5.32 Å². The molecule has 1 fully saturated rings. The summed E-state index contributed by atoms with van der Waals surface area (Å²) in [5.41, 5.74) is 7.40. The van der Waals surface area contributed by atoms with E-state index in [1.165, 1.54) is 0 Å². The molecule has 1 aromatic carbocycles. The van der Waals surface area contributed by atoms with E-state index in [1.807, 2.05) is 13.0 Å². The number of nitrogens with one attached hydrogen (secondary N) is 1. The third-order valence-corrected chi connectivity index (χ3v) is 4.14. The Morgan fingerprint density at radius 3 is 2.76 bits per heavy atom. The van der Waals surface area contributed by atoms with E-state index in [4.69, 9.17) is 22.1 Å². The van der Waals surface area contributed by atoms with Crippen molar-refractivity contribution in [2.75, 3.05) is 13.2 Å². The minimum atomic E-state index is -0.158. The summed E-state index contributed by atoms with van der Waals surface area (Å²) in [5, 5.41) is 3.32. The summed E-state index contributed by atoms with van der Waals surface area (Å²) in [6.45, 7) is 2.96. The lowest BCUT2D eigenvalue weighted by molar-refractivity contribution is 0.0267. The van der Waals surface area contributed by atoms with Crippen LogP contribution in [0.5, 0.6) is 0 Å². The molecule has 1 aromatic rings. The third kappa shape index (κ3) is 4.99. The second-order valence-electron chi connectivity index (χ2n) is 5.65. The van der Waals surface area contributed by atoms with E-state index in [9.17, 15) is 4.79 Å². The zero-order chi connectivity index (χ0) is 15.2. The number of halogens is 1. The van der Waals surface area contributed by atoms with E-state index in [0.29, 0.717) is 29.8 Å². The molecule has 0 heterocycles. The summed E-state index contributed by atoms with van der Waals surface area (Å²) in [5.74, 6) is -0.158. The van der Waals surface area contributed by atoms with Crippen LogP contribution in [0.25, 0.3) is 0 Å². The first-order chi connectivity index (χ1) is 10.1. The quantitative estimate of drug-likeness (QED) is 0.822. The fourth-order valence-corrected chi connectivity index (χ4v) is 2.87. The standard InChI is InChI=1S/C16H23ClN2O2/c1-11-2-7-14(15(17)10-11)16(20)19-8-9-21-13-5-3-12(18)4-6-13/h2,7,10,12-13H,3-6,8-9,18H2,1H3,(H,19,20). The highest BCUT2D eigenvalue weighted by Crippen LogP contribution is 2.19. The Hall–Kier alpha value is -1.10. The van der Waals surface area contributed by atoms with Crippen molar-refractivity contribution < 1.29 is 9.53 Å². The molecular weight excluding hydrogens is 288 g/mol. The zero-order valence-corrected chi connectivity index (χ0v) is 13.2. The summed E-state index contributed by atoms with van der Waals surface area (Å²) in [4.78, 5) is 12.0. The average molecular weight is 311 g/mol. The smallest absolute Gasteiger partial charge is 0.252 e. The van der Waals surface area contributed by atoms with Gasteiger partial charge in [0.25, 0.3) is 5.91 Å². The molecule has 0 unspecified atom stereocenters. The zero-order valence-electron chi connectivity index (χ0n) is 12.4. The first-order valence-corrected chi connectivity index (χ1v) is 7.85. The maximum absolute atomic E-state index is 12.0. The Labute approximate surface area is 131 Å². The molecule has 116 valence electrons. The van der Waals surface area contributed by atoms with Crippen molar-refractivity contribution >= 4 is 17.5 Å². The molecule has 0 saturated heterocycles. The number of carbonyl (C=O) groups is 1. The van der Waals surface area contributed by atoms with Crippen molar-refractivity contribution in [3.05, 3.63) is 34.3 Å². The molecule has 0 aromatic heterocycles. The van der Waals surface area contributed by atoms with Gasteiger partial charge in [-0.1, -0.05) is 17.7 Å². The van der Waals surface area contributed by atoms with Crippen LogP contribution >= 0.6 is 11.6 Å². The van der Waals surface area contributed by atoms with Gasteiger partial charge in [0.1, 0.15) is 0 Å². The van der Waals surface area contributed by atoms with Gasteiger partial charge in [0, 0.05) is 12.6 Å². The van der Waals surface area contributed by atoms with Crippen LogP contribution in [0.4, 0.5) is 0 Å². The summed E-state index contributed by atoms with van der Waals surface area (Å²) >= 11 is 6.07. The van der Waals surface area contributed by atoms with Gasteiger partial charge in [0.05, 0.1) is 23.3 Å². The summed E-state index contributed by atoms with van der Waals surface area (Å²) in [6.07, 6.45) is 4.36. The first kappa shape index (κ1) is 16.3. The highest BCUT2D eigenvalue weighted by molar-refractivity contribution is 6.33.